The van der Waals surface area contributed by atoms with Crippen LogP contribution < -0.4 is 4.74 Å². The molecule has 1 fully saturated rings. The molecular formula is C22H20FN5O2. The second kappa shape index (κ2) is 7.70. The highest BCUT2D eigenvalue weighted by atomic mass is 19.1. The number of hydrogen-bond acceptors (Lipinski definition) is 6. The van der Waals surface area contributed by atoms with Crippen molar-refractivity contribution in [1.82, 2.24) is 24.8 Å². The smallest absolute Gasteiger partial charge is 0.233 e. The number of rotatable bonds is 4. The zero-order valence-electron chi connectivity index (χ0n) is 16.1. The molecule has 30 heavy (non-hydrogen) atoms. The van der Waals surface area contributed by atoms with Crippen LogP contribution in [-0.4, -0.2) is 42.2 Å². The monoisotopic (exact) mass is 405 g/mol. The topological polar surface area (TPSA) is 85.4 Å². The fourth-order valence-corrected chi connectivity index (χ4v) is 3.79. The summed E-state index contributed by atoms with van der Waals surface area (Å²) in [6, 6.07) is 12.6. The first-order valence-corrected chi connectivity index (χ1v) is 9.95. The maximum absolute atomic E-state index is 14.0. The minimum atomic E-state index is -0.964. The third-order valence-electron chi connectivity index (χ3n) is 5.43. The van der Waals surface area contributed by atoms with Crippen LogP contribution in [0.5, 0.6) is 11.6 Å². The van der Waals surface area contributed by atoms with E-state index in [2.05, 4.69) is 20.4 Å². The van der Waals surface area contributed by atoms with Gasteiger partial charge in [-0.2, -0.15) is 0 Å². The predicted molar refractivity (Wildman–Crippen MR) is 109 cm³/mol. The summed E-state index contributed by atoms with van der Waals surface area (Å²) in [5, 5.41) is 26.7. The number of halogens is 1. The number of alkyl halides is 1. The van der Waals surface area contributed by atoms with Crippen molar-refractivity contribution in [1.29, 1.82) is 0 Å². The number of phenols is 1. The quantitative estimate of drug-likeness (QED) is 0.547. The van der Waals surface area contributed by atoms with Crippen molar-refractivity contribution in [3.63, 3.8) is 0 Å². The first kappa shape index (κ1) is 18.5. The highest BCUT2D eigenvalue weighted by Crippen LogP contribution is 2.33. The van der Waals surface area contributed by atoms with Crippen LogP contribution in [0, 0.1) is 0 Å². The van der Waals surface area contributed by atoms with E-state index in [0.29, 0.717) is 30.0 Å². The number of hydrogen-bond donors (Lipinski definition) is 1. The second-order valence-electron chi connectivity index (χ2n) is 7.46. The molecule has 5 rings (SSSR count). The fraction of sp³-hybridized carbons (Fsp3) is 0.273. The minimum Gasteiger partial charge on any atom is -0.507 e. The Hall–Kier alpha value is -3.55. The molecule has 4 aromatic rings. The van der Waals surface area contributed by atoms with Gasteiger partial charge in [-0.05, 0) is 60.7 Å². The van der Waals surface area contributed by atoms with Crippen LogP contribution in [0.4, 0.5) is 4.39 Å². The van der Waals surface area contributed by atoms with E-state index in [9.17, 15) is 9.50 Å². The summed E-state index contributed by atoms with van der Waals surface area (Å²) in [7, 11) is 0. The van der Waals surface area contributed by atoms with Crippen molar-refractivity contribution in [3.05, 3.63) is 55.0 Å². The molecule has 2 atom stereocenters. The number of ether oxygens (including phenoxy) is 1. The van der Waals surface area contributed by atoms with Gasteiger partial charge in [0.15, 0.2) is 5.65 Å². The number of benzene rings is 1. The Morgan fingerprint density at radius 1 is 0.967 bits per heavy atom. The molecule has 0 spiro atoms. The third kappa shape index (κ3) is 3.56. The Bertz CT molecular complexity index is 1180. The van der Waals surface area contributed by atoms with Crippen molar-refractivity contribution < 1.29 is 14.2 Å². The van der Waals surface area contributed by atoms with Crippen LogP contribution in [0.1, 0.15) is 25.7 Å². The summed E-state index contributed by atoms with van der Waals surface area (Å²) >= 11 is 0. The lowest BCUT2D eigenvalue weighted by Crippen LogP contribution is -2.32. The van der Waals surface area contributed by atoms with E-state index in [-0.39, 0.29) is 5.75 Å². The van der Waals surface area contributed by atoms with E-state index in [1.807, 2.05) is 28.8 Å². The van der Waals surface area contributed by atoms with Gasteiger partial charge in [-0.1, -0.05) is 12.5 Å². The van der Waals surface area contributed by atoms with Crippen molar-refractivity contribution in [2.75, 3.05) is 0 Å². The summed E-state index contributed by atoms with van der Waals surface area (Å²) in [5.74, 6) is 0.391. The summed E-state index contributed by atoms with van der Waals surface area (Å²) in [5.41, 5.74) is 3.60. The van der Waals surface area contributed by atoms with Crippen LogP contribution in [0.3, 0.4) is 0 Å². The van der Waals surface area contributed by atoms with Gasteiger partial charge >= 0.3 is 0 Å². The largest absolute Gasteiger partial charge is 0.507 e. The molecule has 7 nitrogen and oxygen atoms in total. The zero-order valence-corrected chi connectivity index (χ0v) is 16.1. The molecule has 0 amide bonds. The Morgan fingerprint density at radius 2 is 1.83 bits per heavy atom. The van der Waals surface area contributed by atoms with E-state index < -0.39 is 12.3 Å². The van der Waals surface area contributed by atoms with Crippen molar-refractivity contribution in [3.8, 4) is 34.0 Å². The van der Waals surface area contributed by atoms with Crippen molar-refractivity contribution >= 4 is 5.65 Å². The second-order valence-corrected chi connectivity index (χ2v) is 7.46. The number of phenolic OH excluding ortho intramolecular Hbond substituents is 1. The maximum atomic E-state index is 14.0. The van der Waals surface area contributed by atoms with Gasteiger partial charge in [0.25, 0.3) is 0 Å². The average Bonchev–Trinajstić information content (AvgIpc) is 3.24. The fourth-order valence-electron chi connectivity index (χ4n) is 3.79. The summed E-state index contributed by atoms with van der Waals surface area (Å²) in [6.07, 6.45) is 5.18. The van der Waals surface area contributed by atoms with E-state index in [0.717, 1.165) is 29.6 Å². The van der Waals surface area contributed by atoms with Gasteiger partial charge in [0, 0.05) is 17.8 Å². The van der Waals surface area contributed by atoms with E-state index in [1.165, 1.54) is 0 Å². The lowest BCUT2D eigenvalue weighted by molar-refractivity contribution is 0.0594. The van der Waals surface area contributed by atoms with Crippen LogP contribution in [-0.2, 0) is 0 Å². The minimum absolute atomic E-state index is 0.0930. The van der Waals surface area contributed by atoms with Gasteiger partial charge in [0.1, 0.15) is 24.4 Å². The standard InChI is InChI=1S/C22H20FN5O2/c23-17-3-1-2-4-20(17)30-22-10-8-18(25-27-22)16-7-5-14(11-19(16)29)15-6-9-21-26-24-13-28(21)12-15/h5-13,17,20,29H,1-4H2/t17-,20+/m0/s1. The summed E-state index contributed by atoms with van der Waals surface area (Å²) in [4.78, 5) is 0. The van der Waals surface area contributed by atoms with Gasteiger partial charge in [0.2, 0.25) is 5.88 Å². The van der Waals surface area contributed by atoms with Gasteiger partial charge < -0.3 is 9.84 Å². The SMILES string of the molecule is Oc1cc(-c2ccc3nncn3c2)ccc1-c1ccc(O[C@@H]2CCCC[C@@H]2F)nn1. The first-order chi connectivity index (χ1) is 14.7. The maximum Gasteiger partial charge on any atom is 0.233 e. The molecule has 1 aromatic carbocycles. The van der Waals surface area contributed by atoms with Crippen LogP contribution in [0.25, 0.3) is 28.0 Å². The molecule has 0 bridgehead atoms. The molecule has 3 heterocycles. The number of aromatic hydroxyl groups is 1. The molecule has 0 aliphatic heterocycles. The lowest BCUT2D eigenvalue weighted by Gasteiger charge is -2.25. The molecule has 8 heteroatoms. The first-order valence-electron chi connectivity index (χ1n) is 9.95. The Balaban J connectivity index is 1.36. The Morgan fingerprint density at radius 3 is 2.63 bits per heavy atom. The van der Waals surface area contributed by atoms with E-state index in [4.69, 9.17) is 4.74 Å². The summed E-state index contributed by atoms with van der Waals surface area (Å²) in [6.45, 7) is 0. The van der Waals surface area contributed by atoms with Crippen LogP contribution in [0.2, 0.25) is 0 Å². The van der Waals surface area contributed by atoms with Crippen LogP contribution >= 0.6 is 0 Å². The van der Waals surface area contributed by atoms with Crippen molar-refractivity contribution in [2.45, 2.75) is 38.0 Å². The molecule has 1 N–H and O–H groups in total. The third-order valence-corrected chi connectivity index (χ3v) is 5.43. The Kier molecular flexibility index (Phi) is 4.74. The number of aromatic nitrogens is 5. The lowest BCUT2D eigenvalue weighted by atomic mass is 9.96. The van der Waals surface area contributed by atoms with Crippen molar-refractivity contribution in [2.24, 2.45) is 0 Å². The normalized spacial score (nSPS) is 19.1. The van der Waals surface area contributed by atoms with Crippen LogP contribution in [0.15, 0.2) is 55.0 Å². The Labute approximate surface area is 172 Å². The number of pyridine rings is 1. The highest BCUT2D eigenvalue weighted by Gasteiger charge is 2.26. The molecule has 0 radical (unpaired) electrons. The van der Waals surface area contributed by atoms with E-state index >= 15 is 0 Å². The average molecular weight is 405 g/mol. The molecule has 0 unspecified atom stereocenters. The van der Waals surface area contributed by atoms with Gasteiger partial charge in [-0.15, -0.1) is 20.4 Å². The molecule has 3 aromatic heterocycles. The molecule has 0 saturated heterocycles. The predicted octanol–water partition coefficient (Wildman–Crippen LogP) is 4.22. The zero-order chi connectivity index (χ0) is 20.5. The molecule has 152 valence electrons. The number of fused-ring (bicyclic) bond motifs is 1. The molecule has 1 saturated carbocycles. The van der Waals surface area contributed by atoms with Gasteiger partial charge in [0.05, 0.1) is 5.69 Å². The molecule has 1 aliphatic carbocycles. The number of nitrogens with zero attached hydrogens (tertiary/aromatic N) is 5. The van der Waals surface area contributed by atoms with E-state index in [1.54, 1.807) is 30.6 Å². The molecule has 1 aliphatic rings. The summed E-state index contributed by atoms with van der Waals surface area (Å²) < 4.78 is 21.5. The highest BCUT2D eigenvalue weighted by molar-refractivity contribution is 5.74. The van der Waals surface area contributed by atoms with Gasteiger partial charge in [-0.3, -0.25) is 4.40 Å². The molecular weight excluding hydrogens is 385 g/mol. The van der Waals surface area contributed by atoms with Gasteiger partial charge in [-0.25, -0.2) is 4.39 Å².